The zero-order valence-electron chi connectivity index (χ0n) is 10.6. The van der Waals surface area contributed by atoms with Gasteiger partial charge in [0.1, 0.15) is 17.5 Å². The van der Waals surface area contributed by atoms with Gasteiger partial charge in [-0.25, -0.2) is 0 Å². The van der Waals surface area contributed by atoms with Crippen LogP contribution in [0, 0.1) is 25.2 Å². The van der Waals surface area contributed by atoms with E-state index in [9.17, 15) is 0 Å². The first-order chi connectivity index (χ1) is 8.61. The number of anilines is 1. The molecular weight excluding hydrogens is 228 g/mol. The quantitative estimate of drug-likeness (QED) is 0.877. The Morgan fingerprint density at radius 2 is 2.11 bits per heavy atom. The van der Waals surface area contributed by atoms with Crippen molar-refractivity contribution in [3.8, 4) is 6.07 Å². The van der Waals surface area contributed by atoms with Crippen molar-refractivity contribution in [2.75, 3.05) is 5.32 Å². The van der Waals surface area contributed by atoms with Crippen molar-refractivity contribution in [2.45, 2.75) is 20.4 Å². The van der Waals surface area contributed by atoms with Gasteiger partial charge >= 0.3 is 0 Å². The van der Waals surface area contributed by atoms with Gasteiger partial charge in [-0.1, -0.05) is 0 Å². The Balaban J connectivity index is 2.16. The molecule has 0 saturated heterocycles. The van der Waals surface area contributed by atoms with Gasteiger partial charge in [-0.3, -0.25) is 14.6 Å². The average molecular weight is 242 g/mol. The van der Waals surface area contributed by atoms with Crippen molar-refractivity contribution in [2.24, 2.45) is 7.05 Å². The van der Waals surface area contributed by atoms with Crippen LogP contribution in [0.1, 0.15) is 22.6 Å². The van der Waals surface area contributed by atoms with Crippen LogP contribution in [0.3, 0.4) is 0 Å². The lowest BCUT2D eigenvalue weighted by molar-refractivity contribution is 0.756. The lowest BCUT2D eigenvalue weighted by Crippen LogP contribution is -2.07. The molecule has 0 saturated carbocycles. The fourth-order valence-electron chi connectivity index (χ4n) is 1.68. The third-order valence-electron chi connectivity index (χ3n) is 2.61. The van der Waals surface area contributed by atoms with Gasteiger partial charge < -0.3 is 5.32 Å². The minimum Gasteiger partial charge on any atom is -0.363 e. The predicted molar refractivity (Wildman–Crippen MR) is 66.8 cm³/mol. The van der Waals surface area contributed by atoms with Gasteiger partial charge in [0, 0.05) is 13.2 Å². The number of nitrogens with zero attached hydrogens (tertiary/aromatic N) is 5. The second-order valence-electron chi connectivity index (χ2n) is 4.05. The smallest absolute Gasteiger partial charge is 0.142 e. The first-order valence-corrected chi connectivity index (χ1v) is 5.57. The minimum atomic E-state index is 0.515. The fraction of sp³-hybridized carbons (Fsp3) is 0.333. The standard InChI is InChI=1S/C12H14N6/c1-8-5-15-10(6-14-8)7-16-12-11(4-13)9(2)17-18(12)3/h5-6,16H,7H2,1-3H3. The van der Waals surface area contributed by atoms with E-state index in [4.69, 9.17) is 5.26 Å². The van der Waals surface area contributed by atoms with Gasteiger partial charge in [0.25, 0.3) is 0 Å². The molecule has 92 valence electrons. The van der Waals surface area contributed by atoms with E-state index < -0.39 is 0 Å². The van der Waals surface area contributed by atoms with Gasteiger partial charge in [0.05, 0.1) is 29.8 Å². The maximum atomic E-state index is 9.07. The van der Waals surface area contributed by atoms with Crippen molar-refractivity contribution >= 4 is 5.82 Å². The van der Waals surface area contributed by atoms with Gasteiger partial charge in [-0.15, -0.1) is 0 Å². The molecule has 0 fully saturated rings. The second kappa shape index (κ2) is 4.84. The summed E-state index contributed by atoms with van der Waals surface area (Å²) >= 11 is 0. The first kappa shape index (κ1) is 12.0. The number of aryl methyl sites for hydroxylation is 3. The third-order valence-corrected chi connectivity index (χ3v) is 2.61. The predicted octanol–water partition coefficient (Wildman–Crippen LogP) is 1.31. The molecule has 2 rings (SSSR count). The molecule has 0 atom stereocenters. The maximum Gasteiger partial charge on any atom is 0.142 e. The molecule has 0 aliphatic rings. The highest BCUT2D eigenvalue weighted by atomic mass is 15.3. The van der Waals surface area contributed by atoms with E-state index in [1.54, 1.807) is 24.1 Å². The summed E-state index contributed by atoms with van der Waals surface area (Å²) in [6.45, 7) is 4.22. The lowest BCUT2D eigenvalue weighted by Gasteiger charge is -2.06. The van der Waals surface area contributed by atoms with Crippen molar-refractivity contribution < 1.29 is 0 Å². The van der Waals surface area contributed by atoms with Crippen LogP contribution in [0.25, 0.3) is 0 Å². The van der Waals surface area contributed by atoms with Crippen LogP contribution in [0.15, 0.2) is 12.4 Å². The summed E-state index contributed by atoms with van der Waals surface area (Å²) in [7, 11) is 1.80. The van der Waals surface area contributed by atoms with Gasteiger partial charge in [-0.2, -0.15) is 10.4 Å². The fourth-order valence-corrected chi connectivity index (χ4v) is 1.68. The summed E-state index contributed by atoms with van der Waals surface area (Å²) in [5, 5.41) is 16.4. The van der Waals surface area contributed by atoms with E-state index in [-0.39, 0.29) is 0 Å². The zero-order chi connectivity index (χ0) is 13.1. The number of nitrogens with one attached hydrogen (secondary N) is 1. The molecule has 0 bridgehead atoms. The monoisotopic (exact) mass is 242 g/mol. The summed E-state index contributed by atoms with van der Waals surface area (Å²) in [6, 6.07) is 2.15. The SMILES string of the molecule is Cc1cnc(CNc2c(C#N)c(C)nn2C)cn1. The Bertz CT molecular complexity index is 590. The molecule has 0 radical (unpaired) electrons. The number of rotatable bonds is 3. The van der Waals surface area contributed by atoms with Crippen LogP contribution in [0.5, 0.6) is 0 Å². The number of nitriles is 1. The summed E-state index contributed by atoms with van der Waals surface area (Å²) in [5.41, 5.74) is 2.99. The van der Waals surface area contributed by atoms with Crippen molar-refractivity contribution in [1.82, 2.24) is 19.7 Å². The van der Waals surface area contributed by atoms with E-state index in [0.717, 1.165) is 17.1 Å². The number of hydrogen-bond donors (Lipinski definition) is 1. The first-order valence-electron chi connectivity index (χ1n) is 5.57. The summed E-state index contributed by atoms with van der Waals surface area (Å²) in [5.74, 6) is 0.706. The average Bonchev–Trinajstić information content (AvgIpc) is 2.62. The summed E-state index contributed by atoms with van der Waals surface area (Å²) in [4.78, 5) is 8.42. The van der Waals surface area contributed by atoms with E-state index in [1.807, 2.05) is 13.8 Å². The Hall–Kier alpha value is -2.42. The van der Waals surface area contributed by atoms with E-state index in [1.165, 1.54) is 0 Å². The Morgan fingerprint density at radius 1 is 1.33 bits per heavy atom. The van der Waals surface area contributed by atoms with Crippen molar-refractivity contribution in [3.63, 3.8) is 0 Å². The molecule has 6 heteroatoms. The normalized spacial score (nSPS) is 10.1. The molecule has 0 amide bonds. The molecule has 2 aromatic rings. The molecule has 0 aliphatic heterocycles. The Labute approximate surface area is 105 Å². The van der Waals surface area contributed by atoms with Crippen LogP contribution in [0.2, 0.25) is 0 Å². The van der Waals surface area contributed by atoms with Crippen LogP contribution in [0.4, 0.5) is 5.82 Å². The molecule has 18 heavy (non-hydrogen) atoms. The topological polar surface area (TPSA) is 79.4 Å². The Morgan fingerprint density at radius 3 is 2.72 bits per heavy atom. The number of hydrogen-bond acceptors (Lipinski definition) is 5. The molecule has 2 aromatic heterocycles. The van der Waals surface area contributed by atoms with E-state index in [2.05, 4.69) is 26.5 Å². The van der Waals surface area contributed by atoms with E-state index >= 15 is 0 Å². The highest BCUT2D eigenvalue weighted by Gasteiger charge is 2.12. The zero-order valence-corrected chi connectivity index (χ0v) is 10.6. The molecule has 1 N–H and O–H groups in total. The third kappa shape index (κ3) is 2.30. The van der Waals surface area contributed by atoms with Crippen molar-refractivity contribution in [3.05, 3.63) is 35.0 Å². The summed E-state index contributed by atoms with van der Waals surface area (Å²) in [6.07, 6.45) is 3.44. The number of aromatic nitrogens is 4. The van der Waals surface area contributed by atoms with Crippen molar-refractivity contribution in [1.29, 1.82) is 5.26 Å². The van der Waals surface area contributed by atoms with Crippen LogP contribution in [-0.2, 0) is 13.6 Å². The molecule has 0 spiro atoms. The highest BCUT2D eigenvalue weighted by Crippen LogP contribution is 2.17. The Kier molecular flexibility index (Phi) is 3.24. The largest absolute Gasteiger partial charge is 0.363 e. The maximum absolute atomic E-state index is 9.07. The molecular formula is C12H14N6. The van der Waals surface area contributed by atoms with Crippen LogP contribution < -0.4 is 5.32 Å². The molecule has 0 aromatic carbocycles. The summed E-state index contributed by atoms with van der Waals surface area (Å²) < 4.78 is 1.66. The van der Waals surface area contributed by atoms with E-state index in [0.29, 0.717) is 17.9 Å². The van der Waals surface area contributed by atoms with Crippen LogP contribution >= 0.6 is 0 Å². The molecule has 0 unspecified atom stereocenters. The second-order valence-corrected chi connectivity index (χ2v) is 4.05. The minimum absolute atomic E-state index is 0.515. The van der Waals surface area contributed by atoms with Crippen LogP contribution in [-0.4, -0.2) is 19.7 Å². The van der Waals surface area contributed by atoms with Gasteiger partial charge in [0.15, 0.2) is 0 Å². The lowest BCUT2D eigenvalue weighted by atomic mass is 10.2. The molecule has 6 nitrogen and oxygen atoms in total. The van der Waals surface area contributed by atoms with Gasteiger partial charge in [0.2, 0.25) is 0 Å². The highest BCUT2D eigenvalue weighted by molar-refractivity contribution is 5.54. The molecule has 2 heterocycles. The van der Waals surface area contributed by atoms with Gasteiger partial charge in [-0.05, 0) is 13.8 Å². The molecule has 0 aliphatic carbocycles.